The molecule has 0 spiro atoms. The van der Waals surface area contributed by atoms with Crippen molar-refractivity contribution in [2.24, 2.45) is 5.41 Å². The predicted octanol–water partition coefficient (Wildman–Crippen LogP) is 3.26. The molecule has 102 valence electrons. The maximum Gasteiger partial charge on any atom is 0.318 e. The van der Waals surface area contributed by atoms with Crippen LogP contribution in [0.1, 0.15) is 45.4 Å². The van der Waals surface area contributed by atoms with E-state index >= 15 is 0 Å². The van der Waals surface area contributed by atoms with Crippen LogP contribution in [0.3, 0.4) is 0 Å². The first-order valence-electron chi connectivity index (χ1n) is 6.63. The van der Waals surface area contributed by atoms with Crippen LogP contribution in [0, 0.1) is 5.41 Å². The van der Waals surface area contributed by atoms with Crippen molar-refractivity contribution in [3.05, 3.63) is 5.89 Å². The zero-order valence-electron chi connectivity index (χ0n) is 11.4. The molecule has 1 saturated carbocycles. The molecule has 0 saturated heterocycles. The van der Waals surface area contributed by atoms with Gasteiger partial charge < -0.3 is 9.32 Å². The molecule has 1 fully saturated rings. The lowest BCUT2D eigenvalue weighted by atomic mass is 9.75. The summed E-state index contributed by atoms with van der Waals surface area (Å²) in [5.41, 5.74) is 0.482. The van der Waals surface area contributed by atoms with Crippen molar-refractivity contribution in [3.8, 4) is 0 Å². The lowest BCUT2D eigenvalue weighted by molar-refractivity contribution is 0.219. The Kier molecular flexibility index (Phi) is 4.15. The van der Waals surface area contributed by atoms with E-state index < -0.39 is 0 Å². The third kappa shape index (κ3) is 3.16. The van der Waals surface area contributed by atoms with E-state index in [1.54, 1.807) is 0 Å². The number of anilines is 1. The molecule has 1 aliphatic rings. The number of aryl methyl sites for hydroxylation is 1. The van der Waals surface area contributed by atoms with Crippen molar-refractivity contribution in [1.82, 2.24) is 10.2 Å². The Balaban J connectivity index is 1.96. The molecule has 4 nitrogen and oxygen atoms in total. The van der Waals surface area contributed by atoms with Crippen LogP contribution >= 0.6 is 11.6 Å². The van der Waals surface area contributed by atoms with Crippen LogP contribution in [-0.4, -0.2) is 29.2 Å². The Morgan fingerprint density at radius 1 is 1.33 bits per heavy atom. The second kappa shape index (κ2) is 5.47. The van der Waals surface area contributed by atoms with Gasteiger partial charge in [-0.2, -0.15) is 0 Å². The fourth-order valence-corrected chi connectivity index (χ4v) is 2.66. The molecule has 0 unspecified atom stereocenters. The standard InChI is InChI=1S/C13H22ClN3O/c1-13(2)7-4-10(5-8-13)17(3)12-16-15-11(18-12)6-9-14/h10H,4-9H2,1-3H3. The van der Waals surface area contributed by atoms with Crippen molar-refractivity contribution < 1.29 is 4.42 Å². The minimum atomic E-state index is 0.482. The summed E-state index contributed by atoms with van der Waals surface area (Å²) in [6, 6.07) is 1.14. The molecule has 0 N–H and O–H groups in total. The van der Waals surface area contributed by atoms with Gasteiger partial charge in [-0.3, -0.25) is 0 Å². The first-order valence-corrected chi connectivity index (χ1v) is 7.16. The van der Waals surface area contributed by atoms with Gasteiger partial charge in [-0.25, -0.2) is 0 Å². The van der Waals surface area contributed by atoms with Gasteiger partial charge in [0.1, 0.15) is 0 Å². The van der Waals surface area contributed by atoms with Crippen molar-refractivity contribution in [1.29, 1.82) is 0 Å². The highest BCUT2D eigenvalue weighted by Crippen LogP contribution is 2.37. The second-order valence-corrected chi connectivity index (χ2v) is 6.30. The molecule has 0 radical (unpaired) electrons. The third-order valence-corrected chi connectivity index (χ3v) is 4.11. The molecule has 0 aliphatic heterocycles. The van der Waals surface area contributed by atoms with Crippen LogP contribution in [0.15, 0.2) is 4.42 Å². The summed E-state index contributed by atoms with van der Waals surface area (Å²) >= 11 is 5.66. The smallest absolute Gasteiger partial charge is 0.318 e. The summed E-state index contributed by atoms with van der Waals surface area (Å²) in [6.45, 7) is 4.68. The maximum atomic E-state index is 5.66. The van der Waals surface area contributed by atoms with Crippen molar-refractivity contribution in [3.63, 3.8) is 0 Å². The van der Waals surface area contributed by atoms with E-state index in [2.05, 4.69) is 28.9 Å². The monoisotopic (exact) mass is 271 g/mol. The molecule has 1 heterocycles. The zero-order valence-corrected chi connectivity index (χ0v) is 12.2. The highest BCUT2D eigenvalue weighted by atomic mass is 35.5. The lowest BCUT2D eigenvalue weighted by Crippen LogP contribution is -2.37. The van der Waals surface area contributed by atoms with Crippen LogP contribution in [0.25, 0.3) is 0 Å². The summed E-state index contributed by atoms with van der Waals surface area (Å²) in [7, 11) is 2.04. The minimum Gasteiger partial charge on any atom is -0.408 e. The first kappa shape index (κ1) is 13.7. The van der Waals surface area contributed by atoms with Crippen molar-refractivity contribution >= 4 is 17.6 Å². The van der Waals surface area contributed by atoms with Gasteiger partial charge in [-0.15, -0.1) is 16.7 Å². The van der Waals surface area contributed by atoms with Crippen LogP contribution in [0.5, 0.6) is 0 Å². The maximum absolute atomic E-state index is 5.66. The van der Waals surface area contributed by atoms with Gasteiger partial charge in [0.25, 0.3) is 0 Å². The largest absolute Gasteiger partial charge is 0.408 e. The minimum absolute atomic E-state index is 0.482. The Hall–Kier alpha value is -0.770. The van der Waals surface area contributed by atoms with E-state index in [0.717, 1.165) is 0 Å². The molecule has 0 bridgehead atoms. The molecule has 1 aromatic rings. The molecule has 0 amide bonds. The first-order chi connectivity index (χ1) is 8.52. The summed E-state index contributed by atoms with van der Waals surface area (Å²) in [4.78, 5) is 2.12. The van der Waals surface area contributed by atoms with Crippen LogP contribution in [0.4, 0.5) is 6.01 Å². The number of hydrogen-bond acceptors (Lipinski definition) is 4. The van der Waals surface area contributed by atoms with E-state index in [9.17, 15) is 0 Å². The van der Waals surface area contributed by atoms with Crippen LogP contribution < -0.4 is 4.90 Å². The van der Waals surface area contributed by atoms with Gasteiger partial charge >= 0.3 is 6.01 Å². The molecule has 1 aliphatic carbocycles. The average molecular weight is 272 g/mol. The fraction of sp³-hybridized carbons (Fsp3) is 0.846. The van der Waals surface area contributed by atoms with E-state index in [1.807, 2.05) is 7.05 Å². The Bertz CT molecular complexity index is 381. The van der Waals surface area contributed by atoms with E-state index in [4.69, 9.17) is 16.0 Å². The summed E-state index contributed by atoms with van der Waals surface area (Å²) in [5.74, 6) is 1.14. The van der Waals surface area contributed by atoms with E-state index in [-0.39, 0.29) is 0 Å². The lowest BCUT2D eigenvalue weighted by Gasteiger charge is -2.37. The van der Waals surface area contributed by atoms with Gasteiger partial charge in [-0.05, 0) is 31.1 Å². The van der Waals surface area contributed by atoms with Gasteiger partial charge in [0.2, 0.25) is 5.89 Å². The normalized spacial score (nSPS) is 20.0. The van der Waals surface area contributed by atoms with E-state index in [1.165, 1.54) is 25.7 Å². The Labute approximate surface area is 114 Å². The fourth-order valence-electron chi connectivity index (χ4n) is 2.50. The summed E-state index contributed by atoms with van der Waals surface area (Å²) in [5, 5.41) is 8.10. The second-order valence-electron chi connectivity index (χ2n) is 5.92. The topological polar surface area (TPSA) is 42.2 Å². The average Bonchev–Trinajstić information content (AvgIpc) is 2.77. The molecule has 2 rings (SSSR count). The molecule has 18 heavy (non-hydrogen) atoms. The van der Waals surface area contributed by atoms with Crippen molar-refractivity contribution in [2.75, 3.05) is 17.8 Å². The highest BCUT2D eigenvalue weighted by molar-refractivity contribution is 6.17. The molecule has 1 aromatic heterocycles. The number of alkyl halides is 1. The predicted molar refractivity (Wildman–Crippen MR) is 73.2 cm³/mol. The number of aromatic nitrogens is 2. The molecular weight excluding hydrogens is 250 g/mol. The van der Waals surface area contributed by atoms with Crippen LogP contribution in [-0.2, 0) is 6.42 Å². The third-order valence-electron chi connectivity index (χ3n) is 3.92. The number of nitrogens with zero attached hydrogens (tertiary/aromatic N) is 3. The molecular formula is C13H22ClN3O. The Morgan fingerprint density at radius 3 is 2.61 bits per heavy atom. The molecule has 0 atom stereocenters. The van der Waals surface area contributed by atoms with Gasteiger partial charge in [-0.1, -0.05) is 18.9 Å². The number of halogens is 1. The highest BCUT2D eigenvalue weighted by Gasteiger charge is 2.30. The molecule has 0 aromatic carbocycles. The Morgan fingerprint density at radius 2 is 2.00 bits per heavy atom. The quantitative estimate of drug-likeness (QED) is 0.789. The van der Waals surface area contributed by atoms with Gasteiger partial charge in [0.05, 0.1) is 0 Å². The van der Waals surface area contributed by atoms with Crippen molar-refractivity contribution in [2.45, 2.75) is 52.0 Å². The van der Waals surface area contributed by atoms with Gasteiger partial charge in [0, 0.05) is 25.4 Å². The number of rotatable bonds is 4. The number of hydrogen-bond donors (Lipinski definition) is 0. The zero-order chi connectivity index (χ0) is 13.2. The molecule has 5 heteroatoms. The summed E-state index contributed by atoms with van der Waals surface area (Å²) in [6.07, 6.45) is 5.53. The van der Waals surface area contributed by atoms with Gasteiger partial charge in [0.15, 0.2) is 0 Å². The summed E-state index contributed by atoms with van der Waals surface area (Å²) < 4.78 is 5.61. The van der Waals surface area contributed by atoms with Crippen LogP contribution in [0.2, 0.25) is 0 Å². The SMILES string of the molecule is CN(c1nnc(CCCl)o1)C1CCC(C)(C)CC1. The van der Waals surface area contributed by atoms with E-state index in [0.29, 0.717) is 35.7 Å².